The summed E-state index contributed by atoms with van der Waals surface area (Å²) in [5.41, 5.74) is 6.16. The van der Waals surface area contributed by atoms with E-state index in [4.69, 9.17) is 9.98 Å². The van der Waals surface area contributed by atoms with Gasteiger partial charge in [-0.25, -0.2) is 0 Å². The maximum Gasteiger partial charge on any atom is 0.164 e. The number of carbonyl (C=O) groups is 2. The third kappa shape index (κ3) is 7.60. The van der Waals surface area contributed by atoms with Crippen molar-refractivity contribution in [2.45, 2.75) is 67.5 Å². The third-order valence-electron chi connectivity index (χ3n) is 5.74. The van der Waals surface area contributed by atoms with Crippen LogP contribution in [-0.2, 0) is 9.59 Å². The van der Waals surface area contributed by atoms with E-state index in [1.807, 2.05) is 52.0 Å². The molecule has 0 spiro atoms. The molecule has 0 unspecified atom stereocenters. The van der Waals surface area contributed by atoms with Crippen molar-refractivity contribution < 1.29 is 19.8 Å². The minimum Gasteiger partial charge on any atom is -0.512 e. The summed E-state index contributed by atoms with van der Waals surface area (Å²) >= 11 is 0. The standard InChI is InChI=1S/C30H36N2O4/c1-17-9-18(2)12-25(11-17)29(31-15-27(21(5)33)22(6)34)30(26-13-19(3)10-20(4)14-26)32-16-28(23(7)35)24(8)36/h9-16,29-30,33,35H,1-8H3/t29-,30-/m0/s1. The average molecular weight is 489 g/mol. The van der Waals surface area contributed by atoms with E-state index in [2.05, 4.69) is 12.1 Å². The Labute approximate surface area is 213 Å². The molecule has 0 aliphatic heterocycles. The minimum absolute atomic E-state index is 0.114. The molecule has 2 rings (SSSR count). The molecule has 0 fully saturated rings. The Kier molecular flexibility index (Phi) is 9.68. The van der Waals surface area contributed by atoms with E-state index in [1.165, 1.54) is 40.1 Å². The number of hydrogen-bond donors (Lipinski definition) is 2. The molecule has 2 N–H and O–H groups in total. The molecule has 0 saturated carbocycles. The molecule has 0 saturated heterocycles. The minimum atomic E-state index is -0.582. The summed E-state index contributed by atoms with van der Waals surface area (Å²) in [6, 6.07) is 11.0. The normalized spacial score (nSPS) is 15.0. The van der Waals surface area contributed by atoms with Crippen LogP contribution in [0, 0.1) is 27.7 Å². The number of benzene rings is 2. The topological polar surface area (TPSA) is 99.3 Å². The molecule has 0 bridgehead atoms. The van der Waals surface area contributed by atoms with Crippen LogP contribution in [0.25, 0.3) is 0 Å². The van der Waals surface area contributed by atoms with Gasteiger partial charge in [-0.2, -0.15) is 0 Å². The molecule has 36 heavy (non-hydrogen) atoms. The van der Waals surface area contributed by atoms with E-state index in [0.29, 0.717) is 0 Å². The zero-order valence-corrected chi connectivity index (χ0v) is 22.4. The summed E-state index contributed by atoms with van der Waals surface area (Å²) in [4.78, 5) is 33.8. The van der Waals surface area contributed by atoms with Crippen LogP contribution >= 0.6 is 0 Å². The lowest BCUT2D eigenvalue weighted by Gasteiger charge is -2.24. The molecule has 0 aliphatic rings. The van der Waals surface area contributed by atoms with Crippen LogP contribution in [0.5, 0.6) is 0 Å². The summed E-state index contributed by atoms with van der Waals surface area (Å²) in [7, 11) is 0. The first kappa shape index (κ1) is 28.4. The molecule has 6 heteroatoms. The van der Waals surface area contributed by atoms with Crippen LogP contribution in [0.2, 0.25) is 0 Å². The summed E-state index contributed by atoms with van der Waals surface area (Å²) in [6.45, 7) is 13.6. The van der Waals surface area contributed by atoms with Gasteiger partial charge in [0.25, 0.3) is 0 Å². The summed E-state index contributed by atoms with van der Waals surface area (Å²) in [5, 5.41) is 20.1. The molecular formula is C30H36N2O4. The maximum absolute atomic E-state index is 12.1. The first-order valence-electron chi connectivity index (χ1n) is 11.8. The van der Waals surface area contributed by atoms with Crippen molar-refractivity contribution in [3.63, 3.8) is 0 Å². The number of aryl methyl sites for hydroxylation is 4. The Balaban J connectivity index is 2.87. The highest BCUT2D eigenvalue weighted by Crippen LogP contribution is 2.37. The van der Waals surface area contributed by atoms with E-state index in [-0.39, 0.29) is 34.2 Å². The lowest BCUT2D eigenvalue weighted by molar-refractivity contribution is -0.114. The smallest absolute Gasteiger partial charge is 0.164 e. The lowest BCUT2D eigenvalue weighted by atomic mass is 9.90. The van der Waals surface area contributed by atoms with Gasteiger partial charge in [0, 0.05) is 12.4 Å². The Bertz CT molecular complexity index is 1130. The quantitative estimate of drug-likeness (QED) is 0.233. The van der Waals surface area contributed by atoms with E-state index in [9.17, 15) is 19.8 Å². The maximum atomic E-state index is 12.1. The van der Waals surface area contributed by atoms with Crippen molar-refractivity contribution >= 4 is 24.0 Å². The number of aliphatic hydroxyl groups is 2. The fraction of sp³-hybridized carbons (Fsp3) is 0.333. The van der Waals surface area contributed by atoms with Crippen molar-refractivity contribution in [3.8, 4) is 0 Å². The fourth-order valence-corrected chi connectivity index (χ4v) is 4.25. The van der Waals surface area contributed by atoms with Gasteiger partial charge in [0.05, 0.1) is 11.1 Å². The predicted molar refractivity (Wildman–Crippen MR) is 146 cm³/mol. The van der Waals surface area contributed by atoms with E-state index >= 15 is 0 Å². The predicted octanol–water partition coefficient (Wildman–Crippen LogP) is 6.69. The highest BCUT2D eigenvalue weighted by atomic mass is 16.3. The molecule has 0 heterocycles. The van der Waals surface area contributed by atoms with Crippen LogP contribution in [-0.4, -0.2) is 34.2 Å². The first-order valence-corrected chi connectivity index (χ1v) is 11.8. The highest BCUT2D eigenvalue weighted by Gasteiger charge is 2.25. The van der Waals surface area contributed by atoms with Crippen molar-refractivity contribution in [1.29, 1.82) is 0 Å². The number of aliphatic imine (C=N–C) groups is 2. The first-order chi connectivity index (χ1) is 16.8. The van der Waals surface area contributed by atoms with Gasteiger partial charge >= 0.3 is 0 Å². The van der Waals surface area contributed by atoms with E-state index < -0.39 is 12.1 Å². The van der Waals surface area contributed by atoms with Gasteiger partial charge in [0.2, 0.25) is 0 Å². The van der Waals surface area contributed by atoms with Crippen molar-refractivity contribution in [1.82, 2.24) is 0 Å². The zero-order chi connectivity index (χ0) is 27.2. The second-order valence-electron chi connectivity index (χ2n) is 9.40. The Hall–Kier alpha value is -3.80. The molecule has 0 radical (unpaired) electrons. The molecule has 190 valence electrons. The summed E-state index contributed by atoms with van der Waals surface area (Å²) < 4.78 is 0. The number of rotatable bonds is 9. The number of carbonyl (C=O) groups excluding carboxylic acids is 2. The third-order valence-corrected chi connectivity index (χ3v) is 5.74. The van der Waals surface area contributed by atoms with Crippen LogP contribution in [0.4, 0.5) is 0 Å². The summed E-state index contributed by atoms with van der Waals surface area (Å²) in [5.74, 6) is -0.840. The molecule has 6 nitrogen and oxygen atoms in total. The average Bonchev–Trinajstić information content (AvgIpc) is 2.72. The van der Waals surface area contributed by atoms with Gasteiger partial charge in [0.1, 0.15) is 23.6 Å². The largest absolute Gasteiger partial charge is 0.512 e. The highest BCUT2D eigenvalue weighted by molar-refractivity contribution is 6.13. The summed E-state index contributed by atoms with van der Waals surface area (Å²) in [6.07, 6.45) is 2.79. The lowest BCUT2D eigenvalue weighted by Crippen LogP contribution is -2.12. The molecule has 0 amide bonds. The molecule has 2 aromatic carbocycles. The van der Waals surface area contributed by atoms with Crippen LogP contribution in [0.1, 0.15) is 73.2 Å². The van der Waals surface area contributed by atoms with Crippen molar-refractivity contribution in [2.75, 3.05) is 0 Å². The SMILES string of the molecule is CC(=O)C(C=N[C@@H](c1cc(C)cc(C)c1)[C@@H](N=CC(C(C)=O)=C(C)O)c1cc(C)cc(C)c1)=C(C)O. The van der Waals surface area contributed by atoms with E-state index in [0.717, 1.165) is 33.4 Å². The van der Waals surface area contributed by atoms with Gasteiger partial charge in [-0.1, -0.05) is 58.7 Å². The molecule has 0 aliphatic carbocycles. The Morgan fingerprint density at radius 3 is 1.11 bits per heavy atom. The molecule has 2 atom stereocenters. The van der Waals surface area contributed by atoms with Crippen LogP contribution in [0.15, 0.2) is 69.0 Å². The number of ketones is 2. The number of nitrogens with zero attached hydrogens (tertiary/aromatic N) is 2. The fourth-order valence-electron chi connectivity index (χ4n) is 4.25. The number of aliphatic hydroxyl groups excluding tert-OH is 2. The van der Waals surface area contributed by atoms with Crippen LogP contribution < -0.4 is 0 Å². The molecule has 0 aromatic heterocycles. The number of Topliss-reactive ketones (excluding diaryl/α,β-unsaturated/α-hetero) is 2. The van der Waals surface area contributed by atoms with Crippen molar-refractivity contribution in [3.05, 3.63) is 92.4 Å². The van der Waals surface area contributed by atoms with Gasteiger partial charge < -0.3 is 10.2 Å². The Morgan fingerprint density at radius 1 is 0.611 bits per heavy atom. The number of allylic oxidation sites excluding steroid dienone is 4. The monoisotopic (exact) mass is 488 g/mol. The Morgan fingerprint density at radius 2 is 0.889 bits per heavy atom. The molecular weight excluding hydrogens is 452 g/mol. The number of hydrogen-bond acceptors (Lipinski definition) is 6. The van der Waals surface area contributed by atoms with Gasteiger partial charge in [-0.15, -0.1) is 0 Å². The zero-order valence-electron chi connectivity index (χ0n) is 22.4. The second-order valence-corrected chi connectivity index (χ2v) is 9.40. The van der Waals surface area contributed by atoms with Crippen molar-refractivity contribution in [2.24, 2.45) is 9.98 Å². The molecule has 2 aromatic rings. The van der Waals surface area contributed by atoms with E-state index in [1.54, 1.807) is 0 Å². The van der Waals surface area contributed by atoms with Gasteiger partial charge in [-0.05, 0) is 66.5 Å². The van der Waals surface area contributed by atoms with Gasteiger partial charge in [-0.3, -0.25) is 19.6 Å². The van der Waals surface area contributed by atoms with Gasteiger partial charge in [0.15, 0.2) is 11.6 Å². The second kappa shape index (κ2) is 12.2. The van der Waals surface area contributed by atoms with Crippen LogP contribution in [0.3, 0.4) is 0 Å².